The molecule has 0 unspecified atom stereocenters. The van der Waals surface area contributed by atoms with Gasteiger partial charge in [-0.3, -0.25) is 9.59 Å². The zero-order chi connectivity index (χ0) is 22.3. The summed E-state index contributed by atoms with van der Waals surface area (Å²) in [6.45, 7) is 2.39. The Morgan fingerprint density at radius 1 is 1.00 bits per heavy atom. The van der Waals surface area contributed by atoms with Crippen molar-refractivity contribution in [3.63, 3.8) is 0 Å². The fourth-order valence-electron chi connectivity index (χ4n) is 3.96. The van der Waals surface area contributed by atoms with E-state index in [0.717, 1.165) is 49.0 Å². The number of hydrogen-bond donors (Lipinski definition) is 2. The number of amides is 2. The zero-order valence-corrected chi connectivity index (χ0v) is 18.3. The van der Waals surface area contributed by atoms with Crippen LogP contribution in [-0.4, -0.2) is 34.7 Å². The molecule has 0 saturated carbocycles. The summed E-state index contributed by atoms with van der Waals surface area (Å²) in [5.41, 5.74) is 4.29. The first-order chi connectivity index (χ1) is 15.7. The average Bonchev–Trinajstić information content (AvgIpc) is 3.00. The molecule has 0 bridgehead atoms. The summed E-state index contributed by atoms with van der Waals surface area (Å²) in [4.78, 5) is 24.7. The average molecular weight is 433 g/mol. The van der Waals surface area contributed by atoms with Crippen molar-refractivity contribution in [1.29, 1.82) is 0 Å². The molecular formula is C25H28N4O3. The second-order valence-electron chi connectivity index (χ2n) is 7.80. The van der Waals surface area contributed by atoms with E-state index in [4.69, 9.17) is 9.84 Å². The van der Waals surface area contributed by atoms with Crippen LogP contribution in [0.25, 0.3) is 5.69 Å². The summed E-state index contributed by atoms with van der Waals surface area (Å²) < 4.78 is 7.39. The molecule has 1 heterocycles. The molecule has 4 rings (SSSR count). The minimum absolute atomic E-state index is 0.0391. The van der Waals surface area contributed by atoms with Gasteiger partial charge in [0.05, 0.1) is 5.69 Å². The molecule has 0 atom stereocenters. The van der Waals surface area contributed by atoms with E-state index in [1.165, 1.54) is 0 Å². The summed E-state index contributed by atoms with van der Waals surface area (Å²) in [6.07, 6.45) is 5.09. The first kappa shape index (κ1) is 21.6. The number of benzene rings is 2. The Morgan fingerprint density at radius 2 is 1.75 bits per heavy atom. The van der Waals surface area contributed by atoms with Crippen LogP contribution in [0.3, 0.4) is 0 Å². The van der Waals surface area contributed by atoms with Crippen molar-refractivity contribution in [3.05, 3.63) is 71.5 Å². The van der Waals surface area contributed by atoms with Gasteiger partial charge in [-0.25, -0.2) is 4.68 Å². The number of carbonyl (C=O) groups excluding carboxylic acids is 2. The lowest BCUT2D eigenvalue weighted by Crippen LogP contribution is -2.28. The monoisotopic (exact) mass is 432 g/mol. The Labute approximate surface area is 187 Å². The highest BCUT2D eigenvalue weighted by atomic mass is 16.5. The molecule has 1 aliphatic carbocycles. The third kappa shape index (κ3) is 4.99. The van der Waals surface area contributed by atoms with Crippen LogP contribution >= 0.6 is 0 Å². The van der Waals surface area contributed by atoms with Crippen molar-refractivity contribution in [2.45, 2.75) is 39.0 Å². The molecule has 32 heavy (non-hydrogen) atoms. The number of ether oxygens (including phenoxy) is 1. The van der Waals surface area contributed by atoms with E-state index in [1.807, 2.05) is 41.9 Å². The number of fused-ring (bicyclic) bond motifs is 1. The van der Waals surface area contributed by atoms with Gasteiger partial charge in [0.15, 0.2) is 12.3 Å². The highest BCUT2D eigenvalue weighted by Crippen LogP contribution is 2.27. The van der Waals surface area contributed by atoms with Crippen molar-refractivity contribution in [2.75, 3.05) is 18.5 Å². The Bertz CT molecular complexity index is 1070. The number of carbonyl (C=O) groups is 2. The quantitative estimate of drug-likeness (QED) is 0.555. The molecule has 2 N–H and O–H groups in total. The van der Waals surface area contributed by atoms with E-state index in [0.29, 0.717) is 23.7 Å². The Balaban J connectivity index is 1.51. The number of anilines is 1. The fourth-order valence-corrected chi connectivity index (χ4v) is 3.96. The highest BCUT2D eigenvalue weighted by molar-refractivity contribution is 6.04. The molecule has 2 aromatic carbocycles. The van der Waals surface area contributed by atoms with E-state index in [2.05, 4.69) is 10.6 Å². The first-order valence-electron chi connectivity index (χ1n) is 11.1. The molecule has 0 radical (unpaired) electrons. The Morgan fingerprint density at radius 3 is 2.50 bits per heavy atom. The number of rotatable bonds is 7. The maximum Gasteiger partial charge on any atom is 0.276 e. The van der Waals surface area contributed by atoms with Crippen LogP contribution in [0.2, 0.25) is 0 Å². The van der Waals surface area contributed by atoms with Crippen LogP contribution < -0.4 is 15.4 Å². The Kier molecular flexibility index (Phi) is 6.84. The highest BCUT2D eigenvalue weighted by Gasteiger charge is 2.24. The standard InChI is InChI=1S/C25H28N4O3/c1-2-26-23(30)17-32-20-15-13-18(14-16-20)27-25(31)24-21-11-7-4-8-12-22(21)29(28-24)19-9-5-3-6-10-19/h3,5-6,9-10,13-16H,2,4,7-8,11-12,17H2,1H3,(H,26,30)(H,27,31). The molecule has 0 aliphatic heterocycles. The van der Waals surface area contributed by atoms with E-state index < -0.39 is 0 Å². The van der Waals surface area contributed by atoms with Gasteiger partial charge in [0.1, 0.15) is 5.75 Å². The van der Waals surface area contributed by atoms with Crippen LogP contribution in [-0.2, 0) is 17.6 Å². The molecule has 1 aromatic heterocycles. The van der Waals surface area contributed by atoms with Crippen molar-refractivity contribution >= 4 is 17.5 Å². The molecule has 3 aromatic rings. The predicted molar refractivity (Wildman–Crippen MR) is 123 cm³/mol. The van der Waals surface area contributed by atoms with Gasteiger partial charge in [-0.2, -0.15) is 5.10 Å². The van der Waals surface area contributed by atoms with Gasteiger partial charge in [-0.1, -0.05) is 24.6 Å². The lowest BCUT2D eigenvalue weighted by atomic mass is 10.1. The summed E-state index contributed by atoms with van der Waals surface area (Å²) in [6, 6.07) is 17.0. The third-order valence-electron chi connectivity index (χ3n) is 5.50. The predicted octanol–water partition coefficient (Wildman–Crippen LogP) is 3.91. The van der Waals surface area contributed by atoms with Gasteiger partial charge in [0.25, 0.3) is 11.8 Å². The van der Waals surface area contributed by atoms with Crippen LogP contribution in [0.4, 0.5) is 5.69 Å². The van der Waals surface area contributed by atoms with Crippen molar-refractivity contribution < 1.29 is 14.3 Å². The number of para-hydroxylation sites is 1. The maximum absolute atomic E-state index is 13.1. The van der Waals surface area contributed by atoms with Gasteiger partial charge < -0.3 is 15.4 Å². The Hall–Kier alpha value is -3.61. The number of nitrogens with one attached hydrogen (secondary N) is 2. The summed E-state index contributed by atoms with van der Waals surface area (Å²) in [5.74, 6) is 0.185. The largest absolute Gasteiger partial charge is 0.484 e. The van der Waals surface area contributed by atoms with Crippen LogP contribution in [0.5, 0.6) is 5.75 Å². The molecule has 2 amide bonds. The number of aromatic nitrogens is 2. The fraction of sp³-hybridized carbons (Fsp3) is 0.320. The molecule has 0 saturated heterocycles. The summed E-state index contributed by atoms with van der Waals surface area (Å²) in [7, 11) is 0. The smallest absolute Gasteiger partial charge is 0.276 e. The molecule has 166 valence electrons. The van der Waals surface area contributed by atoms with Gasteiger partial charge in [-0.15, -0.1) is 0 Å². The van der Waals surface area contributed by atoms with E-state index in [-0.39, 0.29) is 18.4 Å². The molecule has 0 fully saturated rings. The van der Waals surface area contributed by atoms with E-state index in [1.54, 1.807) is 24.3 Å². The van der Waals surface area contributed by atoms with E-state index >= 15 is 0 Å². The minimum atomic E-state index is -0.214. The molecule has 0 spiro atoms. The van der Waals surface area contributed by atoms with Crippen molar-refractivity contribution in [3.8, 4) is 11.4 Å². The molecule has 7 nitrogen and oxygen atoms in total. The molecular weight excluding hydrogens is 404 g/mol. The summed E-state index contributed by atoms with van der Waals surface area (Å²) >= 11 is 0. The lowest BCUT2D eigenvalue weighted by molar-refractivity contribution is -0.122. The second-order valence-corrected chi connectivity index (χ2v) is 7.80. The molecule has 1 aliphatic rings. The zero-order valence-electron chi connectivity index (χ0n) is 18.3. The number of hydrogen-bond acceptors (Lipinski definition) is 4. The first-order valence-corrected chi connectivity index (χ1v) is 11.1. The van der Waals surface area contributed by atoms with Crippen LogP contribution in [0.15, 0.2) is 54.6 Å². The SMILES string of the molecule is CCNC(=O)COc1ccc(NC(=O)c2nn(-c3ccccc3)c3c2CCCCC3)cc1. The molecule has 7 heteroatoms. The topological polar surface area (TPSA) is 85.2 Å². The maximum atomic E-state index is 13.1. The van der Waals surface area contributed by atoms with Crippen LogP contribution in [0, 0.1) is 0 Å². The summed E-state index contributed by atoms with van der Waals surface area (Å²) in [5, 5.41) is 10.4. The third-order valence-corrected chi connectivity index (χ3v) is 5.50. The van der Waals surface area contributed by atoms with Gasteiger partial charge >= 0.3 is 0 Å². The normalized spacial score (nSPS) is 13.0. The van der Waals surface area contributed by atoms with Crippen LogP contribution in [0.1, 0.15) is 47.9 Å². The van der Waals surface area contributed by atoms with Gasteiger partial charge in [0.2, 0.25) is 0 Å². The number of likely N-dealkylation sites (N-methyl/N-ethyl adjacent to an activating group) is 1. The second kappa shape index (κ2) is 10.1. The van der Waals surface area contributed by atoms with Crippen molar-refractivity contribution in [1.82, 2.24) is 15.1 Å². The number of nitrogens with zero attached hydrogens (tertiary/aromatic N) is 2. The van der Waals surface area contributed by atoms with E-state index in [9.17, 15) is 9.59 Å². The van der Waals surface area contributed by atoms with Gasteiger partial charge in [-0.05, 0) is 69.0 Å². The lowest BCUT2D eigenvalue weighted by Gasteiger charge is -2.08. The van der Waals surface area contributed by atoms with Crippen molar-refractivity contribution in [2.24, 2.45) is 0 Å². The minimum Gasteiger partial charge on any atom is -0.484 e. The van der Waals surface area contributed by atoms with Gasteiger partial charge in [0, 0.05) is 23.5 Å².